The first-order chi connectivity index (χ1) is 6.31. The van der Waals surface area contributed by atoms with Crippen LogP contribution in [-0.2, 0) is 9.47 Å². The number of hydrogen-bond donors (Lipinski definition) is 0. The molecule has 0 amide bonds. The van der Waals surface area contributed by atoms with E-state index in [1.807, 2.05) is 0 Å². The topological polar surface area (TPSA) is 18.5 Å². The van der Waals surface area contributed by atoms with Crippen molar-refractivity contribution in [2.45, 2.75) is 44.5 Å². The molecule has 0 N–H and O–H groups in total. The molecule has 0 unspecified atom stereocenters. The first-order valence-corrected chi connectivity index (χ1v) is 5.17. The lowest BCUT2D eigenvalue weighted by atomic mass is 9.78. The molecule has 0 bridgehead atoms. The van der Waals surface area contributed by atoms with Crippen LogP contribution >= 0.6 is 0 Å². The zero-order valence-electron chi connectivity index (χ0n) is 8.29. The van der Waals surface area contributed by atoms with Crippen molar-refractivity contribution in [3.63, 3.8) is 0 Å². The first kappa shape index (κ1) is 9.22. The minimum atomic E-state index is 0.0344. The minimum Gasteiger partial charge on any atom is -0.356 e. The highest BCUT2D eigenvalue weighted by atomic mass is 16.7. The maximum Gasteiger partial charge on any atom is 0.157 e. The van der Waals surface area contributed by atoms with Crippen molar-refractivity contribution >= 4 is 0 Å². The first-order valence-electron chi connectivity index (χ1n) is 5.17. The average molecular weight is 182 g/mol. The van der Waals surface area contributed by atoms with Crippen LogP contribution in [0.5, 0.6) is 0 Å². The van der Waals surface area contributed by atoms with Gasteiger partial charge in [-0.3, -0.25) is 0 Å². The quantitative estimate of drug-likeness (QED) is 0.580. The van der Waals surface area contributed by atoms with Crippen molar-refractivity contribution in [3.8, 4) is 0 Å². The Morgan fingerprint density at radius 2 is 2.23 bits per heavy atom. The van der Waals surface area contributed by atoms with Gasteiger partial charge in [0.15, 0.2) is 6.29 Å². The molecule has 13 heavy (non-hydrogen) atoms. The van der Waals surface area contributed by atoms with Crippen LogP contribution in [0.15, 0.2) is 12.2 Å². The van der Waals surface area contributed by atoms with E-state index in [9.17, 15) is 0 Å². The van der Waals surface area contributed by atoms with Gasteiger partial charge in [-0.1, -0.05) is 12.2 Å². The molecule has 1 heterocycles. The van der Waals surface area contributed by atoms with Crippen molar-refractivity contribution in [3.05, 3.63) is 12.2 Å². The Morgan fingerprint density at radius 1 is 1.38 bits per heavy atom. The molecule has 74 valence electrons. The van der Waals surface area contributed by atoms with Crippen molar-refractivity contribution in [2.75, 3.05) is 7.11 Å². The van der Waals surface area contributed by atoms with E-state index in [-0.39, 0.29) is 6.29 Å². The molecule has 2 aliphatic rings. The molecule has 1 aliphatic carbocycles. The van der Waals surface area contributed by atoms with E-state index >= 15 is 0 Å². The molecule has 1 aliphatic heterocycles. The number of ether oxygens (including phenoxy) is 2. The maximum absolute atomic E-state index is 5.83. The predicted molar refractivity (Wildman–Crippen MR) is 51.4 cm³/mol. The number of methoxy groups -OCH3 is 1. The third-order valence-corrected chi connectivity index (χ3v) is 3.26. The molecule has 1 saturated heterocycles. The highest BCUT2D eigenvalue weighted by molar-refractivity contribution is 5.08. The Morgan fingerprint density at radius 3 is 3.00 bits per heavy atom. The van der Waals surface area contributed by atoms with Crippen LogP contribution in [0.4, 0.5) is 0 Å². The Balaban J connectivity index is 1.99. The summed E-state index contributed by atoms with van der Waals surface area (Å²) >= 11 is 0. The van der Waals surface area contributed by atoms with Crippen LogP contribution in [-0.4, -0.2) is 19.5 Å². The molecule has 2 rings (SSSR count). The van der Waals surface area contributed by atoms with Crippen LogP contribution in [0, 0.1) is 5.92 Å². The van der Waals surface area contributed by atoms with E-state index in [0.29, 0.717) is 12.0 Å². The Bertz CT molecular complexity index is 200. The highest BCUT2D eigenvalue weighted by Gasteiger charge is 2.34. The van der Waals surface area contributed by atoms with Crippen molar-refractivity contribution in [1.82, 2.24) is 0 Å². The largest absolute Gasteiger partial charge is 0.356 e. The average Bonchev–Trinajstić information content (AvgIpc) is 2.18. The summed E-state index contributed by atoms with van der Waals surface area (Å²) in [4.78, 5) is 0. The molecule has 2 nitrogen and oxygen atoms in total. The summed E-state index contributed by atoms with van der Waals surface area (Å²) in [6.45, 7) is 4.13. The molecular weight excluding hydrogens is 164 g/mol. The van der Waals surface area contributed by atoms with Crippen molar-refractivity contribution < 1.29 is 9.47 Å². The predicted octanol–water partition coefficient (Wildman–Crippen LogP) is 2.49. The van der Waals surface area contributed by atoms with E-state index in [4.69, 9.17) is 9.47 Å². The standard InChI is InChI=1S/C11H18O2/c1-8-4-3-5-10-9(8)6-7-11(12-2)13-10/h9-11H,1,3-7H2,2H3/t9-,10+,11+/m1/s1. The second-order valence-corrected chi connectivity index (χ2v) is 4.07. The molecule has 0 spiro atoms. The van der Waals surface area contributed by atoms with Crippen LogP contribution in [0.2, 0.25) is 0 Å². The zero-order valence-corrected chi connectivity index (χ0v) is 8.29. The second-order valence-electron chi connectivity index (χ2n) is 4.07. The second kappa shape index (κ2) is 3.81. The Labute approximate surface area is 79.9 Å². The molecule has 3 atom stereocenters. The van der Waals surface area contributed by atoms with E-state index in [1.165, 1.54) is 31.3 Å². The van der Waals surface area contributed by atoms with Gasteiger partial charge in [0.2, 0.25) is 0 Å². The lowest BCUT2D eigenvalue weighted by molar-refractivity contribution is -0.197. The summed E-state index contributed by atoms with van der Waals surface area (Å²) in [5, 5.41) is 0. The van der Waals surface area contributed by atoms with Gasteiger partial charge in [0, 0.05) is 13.0 Å². The molecule has 0 aromatic rings. The van der Waals surface area contributed by atoms with Crippen molar-refractivity contribution in [2.24, 2.45) is 5.92 Å². The van der Waals surface area contributed by atoms with Crippen LogP contribution < -0.4 is 0 Å². The molecule has 0 aromatic heterocycles. The lowest BCUT2D eigenvalue weighted by Crippen LogP contribution is -2.38. The van der Waals surface area contributed by atoms with Gasteiger partial charge in [0.1, 0.15) is 0 Å². The van der Waals surface area contributed by atoms with Gasteiger partial charge in [-0.05, 0) is 32.1 Å². The fraction of sp³-hybridized carbons (Fsp3) is 0.818. The van der Waals surface area contributed by atoms with Gasteiger partial charge in [0.25, 0.3) is 0 Å². The van der Waals surface area contributed by atoms with E-state index in [1.54, 1.807) is 7.11 Å². The molecule has 1 saturated carbocycles. The Kier molecular flexibility index (Phi) is 2.70. The van der Waals surface area contributed by atoms with Crippen LogP contribution in [0.25, 0.3) is 0 Å². The summed E-state index contributed by atoms with van der Waals surface area (Å²) in [7, 11) is 1.72. The molecule has 2 fully saturated rings. The smallest absolute Gasteiger partial charge is 0.157 e. The SMILES string of the molecule is C=C1CCC[C@@H]2O[C@H](OC)CC[C@H]12. The monoisotopic (exact) mass is 182 g/mol. The number of hydrogen-bond acceptors (Lipinski definition) is 2. The van der Waals surface area contributed by atoms with Crippen LogP contribution in [0.3, 0.4) is 0 Å². The fourth-order valence-corrected chi connectivity index (χ4v) is 2.48. The van der Waals surface area contributed by atoms with E-state index in [2.05, 4.69) is 6.58 Å². The summed E-state index contributed by atoms with van der Waals surface area (Å²) < 4.78 is 11.1. The summed E-state index contributed by atoms with van der Waals surface area (Å²) in [5.41, 5.74) is 1.39. The summed E-state index contributed by atoms with van der Waals surface area (Å²) in [5.74, 6) is 0.611. The fourth-order valence-electron chi connectivity index (χ4n) is 2.48. The van der Waals surface area contributed by atoms with Gasteiger partial charge in [-0.25, -0.2) is 0 Å². The third-order valence-electron chi connectivity index (χ3n) is 3.26. The minimum absolute atomic E-state index is 0.0344. The molecular formula is C11H18O2. The maximum atomic E-state index is 5.83. The highest BCUT2D eigenvalue weighted by Crippen LogP contribution is 2.38. The van der Waals surface area contributed by atoms with Gasteiger partial charge >= 0.3 is 0 Å². The van der Waals surface area contributed by atoms with Gasteiger partial charge < -0.3 is 9.47 Å². The van der Waals surface area contributed by atoms with E-state index in [0.717, 1.165) is 6.42 Å². The molecule has 2 heteroatoms. The summed E-state index contributed by atoms with van der Waals surface area (Å²) in [6, 6.07) is 0. The molecule has 0 radical (unpaired) electrons. The zero-order chi connectivity index (χ0) is 9.26. The lowest BCUT2D eigenvalue weighted by Gasteiger charge is -2.40. The normalized spacial score (nSPS) is 40.1. The third kappa shape index (κ3) is 1.79. The van der Waals surface area contributed by atoms with Crippen LogP contribution in [0.1, 0.15) is 32.1 Å². The van der Waals surface area contributed by atoms with Gasteiger partial charge in [-0.15, -0.1) is 0 Å². The number of rotatable bonds is 1. The van der Waals surface area contributed by atoms with Crippen molar-refractivity contribution in [1.29, 1.82) is 0 Å². The van der Waals surface area contributed by atoms with Gasteiger partial charge in [0.05, 0.1) is 6.10 Å². The molecule has 0 aromatic carbocycles. The van der Waals surface area contributed by atoms with Gasteiger partial charge in [-0.2, -0.15) is 0 Å². The van der Waals surface area contributed by atoms with E-state index < -0.39 is 0 Å². The summed E-state index contributed by atoms with van der Waals surface area (Å²) in [6.07, 6.45) is 6.26. The number of fused-ring (bicyclic) bond motifs is 1. The Hall–Kier alpha value is -0.340.